The summed E-state index contributed by atoms with van der Waals surface area (Å²) in [6, 6.07) is 22.8. The molecule has 0 saturated carbocycles. The SMILES string of the molecule is COc1ccc(-c2c([N+](=O)[O-])c(-c3ccccc3)n(C(=O)OC(C)(C)C)c2-c2ccc(OC)cc2)cc1. The summed E-state index contributed by atoms with van der Waals surface area (Å²) in [6.45, 7) is 5.26. The third-order valence-electron chi connectivity index (χ3n) is 5.69. The highest BCUT2D eigenvalue weighted by molar-refractivity contribution is 6.02. The first-order valence-electron chi connectivity index (χ1n) is 11.7. The normalized spacial score (nSPS) is 11.2. The van der Waals surface area contributed by atoms with Crippen molar-refractivity contribution in [1.29, 1.82) is 0 Å². The van der Waals surface area contributed by atoms with Crippen molar-refractivity contribution in [2.24, 2.45) is 0 Å². The summed E-state index contributed by atoms with van der Waals surface area (Å²) < 4.78 is 17.7. The maximum Gasteiger partial charge on any atom is 0.419 e. The second kappa shape index (κ2) is 10.2. The molecule has 1 heterocycles. The van der Waals surface area contributed by atoms with E-state index in [0.717, 1.165) is 0 Å². The number of benzene rings is 3. The van der Waals surface area contributed by atoms with Crippen LogP contribution in [0.1, 0.15) is 20.8 Å². The minimum absolute atomic E-state index is 0.136. The zero-order chi connectivity index (χ0) is 26.7. The number of ether oxygens (including phenoxy) is 3. The summed E-state index contributed by atoms with van der Waals surface area (Å²) in [5.41, 5.74) is 1.39. The van der Waals surface area contributed by atoms with Gasteiger partial charge in [-0.15, -0.1) is 0 Å². The Labute approximate surface area is 215 Å². The fourth-order valence-corrected chi connectivity index (χ4v) is 4.14. The molecule has 1 aromatic heterocycles. The van der Waals surface area contributed by atoms with Crippen LogP contribution in [-0.4, -0.2) is 35.4 Å². The van der Waals surface area contributed by atoms with Crippen LogP contribution in [-0.2, 0) is 4.74 Å². The van der Waals surface area contributed by atoms with Crippen LogP contribution in [0.25, 0.3) is 33.6 Å². The lowest BCUT2D eigenvalue weighted by Gasteiger charge is -2.22. The number of rotatable bonds is 6. The summed E-state index contributed by atoms with van der Waals surface area (Å²) in [7, 11) is 3.10. The smallest absolute Gasteiger partial charge is 0.419 e. The van der Waals surface area contributed by atoms with Crippen LogP contribution < -0.4 is 9.47 Å². The molecule has 0 unspecified atom stereocenters. The minimum atomic E-state index is -0.832. The van der Waals surface area contributed by atoms with Gasteiger partial charge in [0.2, 0.25) is 0 Å². The van der Waals surface area contributed by atoms with E-state index in [1.807, 2.05) is 6.07 Å². The molecule has 0 aliphatic rings. The molecule has 0 saturated heterocycles. The van der Waals surface area contributed by atoms with Crippen LogP contribution in [0.3, 0.4) is 0 Å². The quantitative estimate of drug-likeness (QED) is 0.205. The summed E-state index contributed by atoms with van der Waals surface area (Å²) >= 11 is 0. The third-order valence-corrected chi connectivity index (χ3v) is 5.69. The molecule has 0 fully saturated rings. The van der Waals surface area contributed by atoms with Gasteiger partial charge in [-0.25, -0.2) is 9.36 Å². The summed E-state index contributed by atoms with van der Waals surface area (Å²) in [5, 5.41) is 12.7. The van der Waals surface area contributed by atoms with Crippen LogP contribution in [0.5, 0.6) is 11.5 Å². The number of hydrogen-bond donors (Lipinski definition) is 0. The predicted octanol–water partition coefficient (Wildman–Crippen LogP) is 7.20. The number of aromatic nitrogens is 1. The fraction of sp³-hybridized carbons (Fsp3) is 0.207. The first-order chi connectivity index (χ1) is 17.6. The molecule has 3 aromatic carbocycles. The van der Waals surface area contributed by atoms with Gasteiger partial charge in [0.05, 0.1) is 30.4 Å². The van der Waals surface area contributed by atoms with E-state index in [1.165, 1.54) is 4.57 Å². The van der Waals surface area contributed by atoms with Gasteiger partial charge in [0.1, 0.15) is 22.8 Å². The third kappa shape index (κ3) is 5.18. The Morgan fingerprint density at radius 2 is 1.24 bits per heavy atom. The molecule has 0 radical (unpaired) electrons. The second-order valence-electron chi connectivity index (χ2n) is 9.32. The molecule has 0 spiro atoms. The number of methoxy groups -OCH3 is 2. The topological polar surface area (TPSA) is 92.8 Å². The van der Waals surface area contributed by atoms with E-state index in [2.05, 4.69) is 0 Å². The summed E-state index contributed by atoms with van der Waals surface area (Å²) in [5.74, 6) is 1.22. The van der Waals surface area contributed by atoms with Gasteiger partial charge >= 0.3 is 11.8 Å². The number of carbonyl (C=O) groups is 1. The highest BCUT2D eigenvalue weighted by atomic mass is 16.6. The maximum atomic E-state index is 13.8. The van der Waals surface area contributed by atoms with E-state index in [9.17, 15) is 14.9 Å². The first-order valence-corrected chi connectivity index (χ1v) is 11.7. The number of nitrogens with zero attached hydrogens (tertiary/aromatic N) is 2. The lowest BCUT2D eigenvalue weighted by Crippen LogP contribution is -2.28. The van der Waals surface area contributed by atoms with Crippen molar-refractivity contribution in [2.45, 2.75) is 26.4 Å². The second-order valence-corrected chi connectivity index (χ2v) is 9.32. The van der Waals surface area contributed by atoms with Crippen LogP contribution in [0.2, 0.25) is 0 Å². The number of carbonyl (C=O) groups excluding carboxylic acids is 1. The van der Waals surface area contributed by atoms with E-state index in [0.29, 0.717) is 39.4 Å². The Kier molecular flexibility index (Phi) is 7.02. The highest BCUT2D eigenvalue weighted by Crippen LogP contribution is 2.48. The van der Waals surface area contributed by atoms with Gasteiger partial charge in [0, 0.05) is 5.56 Å². The fourth-order valence-electron chi connectivity index (χ4n) is 4.14. The Hall–Kier alpha value is -4.59. The van der Waals surface area contributed by atoms with Crippen LogP contribution in [0.15, 0.2) is 78.9 Å². The zero-order valence-corrected chi connectivity index (χ0v) is 21.3. The number of hydrogen-bond acceptors (Lipinski definition) is 6. The van der Waals surface area contributed by atoms with Crippen molar-refractivity contribution in [1.82, 2.24) is 4.57 Å². The zero-order valence-electron chi connectivity index (χ0n) is 21.3. The molecular formula is C29H28N2O6. The van der Waals surface area contributed by atoms with E-state index >= 15 is 0 Å². The Morgan fingerprint density at radius 1 is 0.757 bits per heavy atom. The average Bonchev–Trinajstić information content (AvgIpc) is 3.25. The summed E-state index contributed by atoms with van der Waals surface area (Å²) in [4.78, 5) is 26.0. The van der Waals surface area contributed by atoms with E-state index < -0.39 is 16.6 Å². The van der Waals surface area contributed by atoms with Gasteiger partial charge in [-0.1, -0.05) is 42.5 Å². The standard InChI is InChI=1S/C29H28N2O6/c1-29(2,3)37-28(32)30-25(21-13-17-23(36-5)18-14-21)24(19-11-15-22(35-4)16-12-19)27(31(33)34)26(30)20-9-7-6-8-10-20/h6-18H,1-5H3. The largest absolute Gasteiger partial charge is 0.497 e. The molecule has 8 nitrogen and oxygen atoms in total. The molecule has 0 aliphatic heterocycles. The van der Waals surface area contributed by atoms with E-state index in [-0.39, 0.29) is 11.4 Å². The lowest BCUT2D eigenvalue weighted by atomic mass is 9.99. The van der Waals surface area contributed by atoms with Gasteiger partial charge in [-0.05, 0) is 68.3 Å². The van der Waals surface area contributed by atoms with Crippen LogP contribution in [0.4, 0.5) is 10.5 Å². The van der Waals surface area contributed by atoms with E-state index in [4.69, 9.17) is 14.2 Å². The van der Waals surface area contributed by atoms with Gasteiger partial charge in [0.15, 0.2) is 0 Å². The maximum absolute atomic E-state index is 13.8. The Bertz CT molecular complexity index is 1420. The molecule has 4 aromatic rings. The lowest BCUT2D eigenvalue weighted by molar-refractivity contribution is -0.383. The predicted molar refractivity (Wildman–Crippen MR) is 142 cm³/mol. The molecule has 4 rings (SSSR count). The van der Waals surface area contributed by atoms with Crippen molar-refractivity contribution in [3.63, 3.8) is 0 Å². The molecule has 0 atom stereocenters. The van der Waals surface area contributed by atoms with Gasteiger partial charge in [-0.3, -0.25) is 10.1 Å². The van der Waals surface area contributed by atoms with Crippen molar-refractivity contribution in [3.05, 3.63) is 89.0 Å². The summed E-state index contributed by atoms with van der Waals surface area (Å²) in [6.07, 6.45) is -0.722. The van der Waals surface area contributed by atoms with E-state index in [1.54, 1.807) is 108 Å². The number of nitro groups is 1. The molecule has 37 heavy (non-hydrogen) atoms. The Morgan fingerprint density at radius 3 is 1.70 bits per heavy atom. The van der Waals surface area contributed by atoms with Gasteiger partial charge < -0.3 is 14.2 Å². The van der Waals surface area contributed by atoms with Crippen molar-refractivity contribution in [2.75, 3.05) is 14.2 Å². The molecule has 190 valence electrons. The van der Waals surface area contributed by atoms with Crippen LogP contribution >= 0.6 is 0 Å². The van der Waals surface area contributed by atoms with Gasteiger partial charge in [-0.2, -0.15) is 0 Å². The van der Waals surface area contributed by atoms with Crippen molar-refractivity contribution < 1.29 is 23.9 Å². The van der Waals surface area contributed by atoms with Crippen molar-refractivity contribution >= 4 is 11.8 Å². The molecular weight excluding hydrogens is 472 g/mol. The highest BCUT2D eigenvalue weighted by Gasteiger charge is 2.37. The molecule has 0 amide bonds. The van der Waals surface area contributed by atoms with Crippen molar-refractivity contribution in [3.8, 4) is 45.1 Å². The molecule has 0 aliphatic carbocycles. The Balaban J connectivity index is 2.17. The molecule has 0 N–H and O–H groups in total. The van der Waals surface area contributed by atoms with Crippen LogP contribution in [0, 0.1) is 10.1 Å². The first kappa shape index (κ1) is 25.5. The average molecular weight is 501 g/mol. The monoisotopic (exact) mass is 500 g/mol. The van der Waals surface area contributed by atoms with Gasteiger partial charge in [0.25, 0.3) is 0 Å². The molecule has 0 bridgehead atoms. The molecule has 8 heteroatoms. The minimum Gasteiger partial charge on any atom is -0.497 e.